The number of rotatable bonds is 2. The number of thioether (sulfide) groups is 1. The number of fused-ring (bicyclic) bond motifs is 1. The largest absolute Gasteiger partial charge is 0.300 e. The van der Waals surface area contributed by atoms with Crippen LogP contribution in [-0.2, 0) is 11.8 Å². The van der Waals surface area contributed by atoms with Crippen molar-refractivity contribution < 1.29 is 4.79 Å². The molecular formula is C14H14N4OS. The molecule has 1 aliphatic heterocycles. The van der Waals surface area contributed by atoms with Crippen LogP contribution in [0.2, 0.25) is 0 Å². The summed E-state index contributed by atoms with van der Waals surface area (Å²) in [6.07, 6.45) is 3.61. The van der Waals surface area contributed by atoms with Crippen LogP contribution in [0.4, 0.5) is 0 Å². The fourth-order valence-electron chi connectivity index (χ4n) is 2.08. The maximum absolute atomic E-state index is 11.8. The Morgan fingerprint density at radius 3 is 3.10 bits per heavy atom. The van der Waals surface area contributed by atoms with Gasteiger partial charge in [-0.3, -0.25) is 14.8 Å². The zero-order chi connectivity index (χ0) is 14.1. The average Bonchev–Trinajstić information content (AvgIpc) is 2.95. The van der Waals surface area contributed by atoms with Crippen molar-refractivity contribution in [3.8, 4) is 0 Å². The van der Waals surface area contributed by atoms with E-state index in [9.17, 15) is 4.79 Å². The second kappa shape index (κ2) is 5.13. The predicted octanol–water partition coefficient (Wildman–Crippen LogP) is 2.15. The summed E-state index contributed by atoms with van der Waals surface area (Å²) in [6, 6.07) is 5.96. The van der Waals surface area contributed by atoms with Gasteiger partial charge in [-0.15, -0.1) is 0 Å². The highest BCUT2D eigenvalue weighted by Crippen LogP contribution is 2.20. The molecule has 0 aliphatic carbocycles. The van der Waals surface area contributed by atoms with Crippen LogP contribution in [-0.4, -0.2) is 26.6 Å². The third-order valence-corrected chi connectivity index (χ3v) is 3.79. The van der Waals surface area contributed by atoms with Gasteiger partial charge < -0.3 is 0 Å². The fraction of sp³-hybridized carbons (Fsp3) is 0.214. The number of aromatic nitrogens is 2. The molecule has 5 nitrogen and oxygen atoms in total. The summed E-state index contributed by atoms with van der Waals surface area (Å²) in [5, 5.41) is 8.68. The molecule has 2 aromatic rings. The lowest BCUT2D eigenvalue weighted by Gasteiger charge is -1.97. The van der Waals surface area contributed by atoms with E-state index in [0.29, 0.717) is 10.9 Å². The summed E-state index contributed by atoms with van der Waals surface area (Å²) in [6.45, 7) is 2.03. The van der Waals surface area contributed by atoms with E-state index in [1.54, 1.807) is 6.08 Å². The number of hydrogen-bond acceptors (Lipinski definition) is 4. The van der Waals surface area contributed by atoms with E-state index in [0.717, 1.165) is 22.2 Å². The van der Waals surface area contributed by atoms with Crippen LogP contribution in [0.1, 0.15) is 12.5 Å². The van der Waals surface area contributed by atoms with E-state index < -0.39 is 0 Å². The lowest BCUT2D eigenvalue weighted by Crippen LogP contribution is -2.21. The maximum atomic E-state index is 11.8. The van der Waals surface area contributed by atoms with E-state index in [1.165, 1.54) is 11.8 Å². The fourth-order valence-corrected chi connectivity index (χ4v) is 2.68. The number of carbonyl (C=O) groups is 1. The number of aliphatic imine (C=N–C) groups is 1. The summed E-state index contributed by atoms with van der Waals surface area (Å²) < 4.78 is 1.82. The molecule has 102 valence electrons. The van der Waals surface area contributed by atoms with Gasteiger partial charge in [-0.1, -0.05) is 24.8 Å². The van der Waals surface area contributed by atoms with Crippen molar-refractivity contribution in [3.63, 3.8) is 0 Å². The van der Waals surface area contributed by atoms with Gasteiger partial charge >= 0.3 is 0 Å². The third kappa shape index (κ3) is 2.34. The van der Waals surface area contributed by atoms with Gasteiger partial charge in [-0.05, 0) is 29.5 Å². The van der Waals surface area contributed by atoms with Gasteiger partial charge in [-0.25, -0.2) is 4.99 Å². The highest BCUT2D eigenvalue weighted by Gasteiger charge is 2.19. The highest BCUT2D eigenvalue weighted by molar-refractivity contribution is 8.13. The number of nitrogens with one attached hydrogen (secondary N) is 1. The number of carbonyl (C=O) groups excluding carboxylic acids is 1. The Kier molecular flexibility index (Phi) is 3.31. The average molecular weight is 286 g/mol. The predicted molar refractivity (Wildman–Crippen MR) is 82.4 cm³/mol. The Bertz CT molecular complexity index is 745. The van der Waals surface area contributed by atoms with Crippen molar-refractivity contribution in [2.75, 3.05) is 5.75 Å². The van der Waals surface area contributed by atoms with Crippen molar-refractivity contribution in [1.29, 1.82) is 0 Å². The van der Waals surface area contributed by atoms with Crippen LogP contribution >= 0.6 is 11.8 Å². The van der Waals surface area contributed by atoms with Crippen molar-refractivity contribution >= 4 is 39.8 Å². The van der Waals surface area contributed by atoms with Gasteiger partial charge in [0.15, 0.2) is 5.17 Å². The molecule has 0 saturated carbocycles. The van der Waals surface area contributed by atoms with Crippen LogP contribution in [0.3, 0.4) is 0 Å². The first kappa shape index (κ1) is 12.9. The quantitative estimate of drug-likeness (QED) is 0.861. The lowest BCUT2D eigenvalue weighted by atomic mass is 10.1. The Balaban J connectivity index is 1.95. The molecule has 0 spiro atoms. The first-order valence-electron chi connectivity index (χ1n) is 6.33. The van der Waals surface area contributed by atoms with Crippen LogP contribution in [0.15, 0.2) is 35.1 Å². The van der Waals surface area contributed by atoms with Crippen LogP contribution < -0.4 is 5.32 Å². The number of benzene rings is 1. The Morgan fingerprint density at radius 2 is 2.30 bits per heavy atom. The van der Waals surface area contributed by atoms with Crippen molar-refractivity contribution in [2.45, 2.75) is 6.92 Å². The number of aryl methyl sites for hydroxylation is 1. The minimum absolute atomic E-state index is 0.146. The Labute approximate surface area is 120 Å². The maximum Gasteiger partial charge on any atom is 0.275 e. The van der Waals surface area contributed by atoms with Crippen LogP contribution in [0, 0.1) is 0 Å². The molecule has 0 unspecified atom stereocenters. The standard InChI is InChI=1S/C14H14N4OS/c1-3-20-14-16-11(13(19)17-14)7-9-4-5-12-10(6-9)8-15-18(12)2/h4-8H,3H2,1-2H3,(H,16,17,19)/b11-7-. The summed E-state index contributed by atoms with van der Waals surface area (Å²) in [5.74, 6) is 0.737. The zero-order valence-corrected chi connectivity index (χ0v) is 12.1. The number of nitrogens with zero attached hydrogens (tertiary/aromatic N) is 3. The van der Waals surface area contributed by atoms with Crippen LogP contribution in [0.25, 0.3) is 17.0 Å². The second-order valence-electron chi connectivity index (χ2n) is 4.42. The molecule has 0 radical (unpaired) electrons. The first-order chi connectivity index (χ1) is 9.67. The first-order valence-corrected chi connectivity index (χ1v) is 7.32. The van der Waals surface area contributed by atoms with Crippen molar-refractivity contribution in [1.82, 2.24) is 15.1 Å². The summed E-state index contributed by atoms with van der Waals surface area (Å²) in [7, 11) is 1.91. The van der Waals surface area contributed by atoms with Gasteiger partial charge in [0, 0.05) is 12.4 Å². The van der Waals surface area contributed by atoms with E-state index in [2.05, 4.69) is 15.4 Å². The molecule has 6 heteroatoms. The Morgan fingerprint density at radius 1 is 1.45 bits per heavy atom. The molecule has 0 fully saturated rings. The van der Waals surface area contributed by atoms with E-state index >= 15 is 0 Å². The normalized spacial score (nSPS) is 16.8. The molecule has 1 amide bonds. The van der Waals surface area contributed by atoms with Gasteiger partial charge in [0.25, 0.3) is 5.91 Å². The van der Waals surface area contributed by atoms with Gasteiger partial charge in [0.05, 0.1) is 11.7 Å². The zero-order valence-electron chi connectivity index (χ0n) is 11.3. The number of amides is 1. The van der Waals surface area contributed by atoms with Gasteiger partial charge in [0.1, 0.15) is 5.70 Å². The monoisotopic (exact) mass is 286 g/mol. The topological polar surface area (TPSA) is 59.3 Å². The Hall–Kier alpha value is -2.08. The smallest absolute Gasteiger partial charge is 0.275 e. The molecule has 0 saturated heterocycles. The number of amidine groups is 1. The SMILES string of the molecule is CCSC1=N/C(=C\c2ccc3c(cnn3C)c2)C(=O)N1. The molecule has 1 aliphatic rings. The molecule has 1 aromatic carbocycles. The third-order valence-electron chi connectivity index (χ3n) is 3.03. The van der Waals surface area contributed by atoms with E-state index in [4.69, 9.17) is 0 Å². The molecule has 1 N–H and O–H groups in total. The van der Waals surface area contributed by atoms with E-state index in [-0.39, 0.29) is 5.91 Å². The molecule has 0 bridgehead atoms. The van der Waals surface area contributed by atoms with E-state index in [1.807, 2.05) is 43.0 Å². The highest BCUT2D eigenvalue weighted by atomic mass is 32.2. The molecule has 3 rings (SSSR count). The lowest BCUT2D eigenvalue weighted by molar-refractivity contribution is -0.115. The molecule has 0 atom stereocenters. The van der Waals surface area contributed by atoms with Crippen LogP contribution in [0.5, 0.6) is 0 Å². The summed E-state index contributed by atoms with van der Waals surface area (Å²) >= 11 is 1.53. The molecule has 20 heavy (non-hydrogen) atoms. The van der Waals surface area contributed by atoms with Gasteiger partial charge in [0.2, 0.25) is 0 Å². The molecular weight excluding hydrogens is 272 g/mol. The van der Waals surface area contributed by atoms with Crippen molar-refractivity contribution in [2.24, 2.45) is 12.0 Å². The summed E-state index contributed by atoms with van der Waals surface area (Å²) in [4.78, 5) is 16.1. The summed E-state index contributed by atoms with van der Waals surface area (Å²) in [5.41, 5.74) is 2.46. The van der Waals surface area contributed by atoms with Crippen molar-refractivity contribution in [3.05, 3.63) is 35.7 Å². The molecule has 2 heterocycles. The number of hydrogen-bond donors (Lipinski definition) is 1. The second-order valence-corrected chi connectivity index (χ2v) is 5.67. The minimum atomic E-state index is -0.146. The van der Waals surface area contributed by atoms with Gasteiger partial charge in [-0.2, -0.15) is 5.10 Å². The minimum Gasteiger partial charge on any atom is -0.300 e. The molecule has 1 aromatic heterocycles.